The number of aliphatic hydroxyl groups is 2. The van der Waals surface area contributed by atoms with Gasteiger partial charge in [-0.15, -0.1) is 0 Å². The molecule has 0 aliphatic heterocycles. The molecule has 0 heterocycles. The van der Waals surface area contributed by atoms with Gasteiger partial charge in [0.1, 0.15) is 12.2 Å². The molecular weight excluding hydrogens is 476 g/mol. The van der Waals surface area contributed by atoms with Crippen LogP contribution < -0.4 is 0 Å². The average Bonchev–Trinajstić information content (AvgIpc) is 3.16. The number of ether oxygens (including phenoxy) is 2. The number of hydrogen-bond donors (Lipinski definition) is 2. The van der Waals surface area contributed by atoms with Crippen molar-refractivity contribution in [3.05, 3.63) is 34.9 Å². The summed E-state index contributed by atoms with van der Waals surface area (Å²) in [4.78, 5) is 12.5. The van der Waals surface area contributed by atoms with E-state index in [1.54, 1.807) is 7.11 Å². The lowest BCUT2D eigenvalue weighted by Crippen LogP contribution is -2.63. The normalized spacial score (nSPS) is 40.7. The second-order valence-electron chi connectivity index (χ2n) is 14.2. The number of fused-ring (bicyclic) bond motifs is 4. The summed E-state index contributed by atoms with van der Waals surface area (Å²) in [6.45, 7) is 21.3. The van der Waals surface area contributed by atoms with Gasteiger partial charge in [-0.1, -0.05) is 66.7 Å². The van der Waals surface area contributed by atoms with Crippen molar-refractivity contribution in [1.82, 2.24) is 0 Å². The predicted octanol–water partition coefficient (Wildman–Crippen LogP) is 6.39. The summed E-state index contributed by atoms with van der Waals surface area (Å²) >= 11 is 0. The van der Waals surface area contributed by atoms with Crippen molar-refractivity contribution in [3.63, 3.8) is 0 Å². The highest BCUT2D eigenvalue weighted by Crippen LogP contribution is 2.67. The Bertz CT molecular complexity index is 1020. The first-order valence-corrected chi connectivity index (χ1v) is 14.8. The first-order valence-electron chi connectivity index (χ1n) is 14.8. The lowest BCUT2D eigenvalue weighted by atomic mass is 9.45. The largest absolute Gasteiger partial charge is 0.458 e. The van der Waals surface area contributed by atoms with Crippen molar-refractivity contribution in [2.24, 2.45) is 39.9 Å². The highest BCUT2D eigenvalue weighted by molar-refractivity contribution is 5.67. The van der Waals surface area contributed by atoms with Gasteiger partial charge in [0.05, 0.1) is 12.2 Å². The molecule has 2 N–H and O–H groups in total. The number of carbonyl (C=O) groups is 1. The van der Waals surface area contributed by atoms with Crippen molar-refractivity contribution in [1.29, 1.82) is 0 Å². The van der Waals surface area contributed by atoms with Gasteiger partial charge in [0.15, 0.2) is 0 Å². The number of methoxy groups -OCH3 is 1. The monoisotopic (exact) mass is 528 g/mol. The Morgan fingerprint density at radius 2 is 1.82 bits per heavy atom. The van der Waals surface area contributed by atoms with Crippen molar-refractivity contribution in [2.75, 3.05) is 7.11 Å². The highest BCUT2D eigenvalue weighted by Gasteiger charge is 2.65. The maximum atomic E-state index is 12.5. The summed E-state index contributed by atoms with van der Waals surface area (Å²) in [5.74, 6) is 1.00. The summed E-state index contributed by atoms with van der Waals surface area (Å²) < 4.78 is 11.9. The molecule has 38 heavy (non-hydrogen) atoms. The Kier molecular flexibility index (Phi) is 7.93. The second kappa shape index (κ2) is 10.2. The van der Waals surface area contributed by atoms with Gasteiger partial charge in [-0.05, 0) is 89.7 Å². The van der Waals surface area contributed by atoms with Gasteiger partial charge >= 0.3 is 5.97 Å². The molecule has 1 fully saturated rings. The minimum atomic E-state index is -0.899. The Morgan fingerprint density at radius 1 is 1.16 bits per heavy atom. The van der Waals surface area contributed by atoms with Crippen LogP contribution in [0.5, 0.6) is 0 Å². The second-order valence-corrected chi connectivity index (χ2v) is 14.2. The van der Waals surface area contributed by atoms with Crippen molar-refractivity contribution >= 4 is 5.97 Å². The minimum Gasteiger partial charge on any atom is -0.458 e. The van der Waals surface area contributed by atoms with Gasteiger partial charge in [0.25, 0.3) is 0 Å². The topological polar surface area (TPSA) is 76.0 Å². The zero-order valence-corrected chi connectivity index (χ0v) is 25.3. The lowest BCUT2D eigenvalue weighted by molar-refractivity contribution is -0.182. The summed E-state index contributed by atoms with van der Waals surface area (Å²) in [5.41, 5.74) is 3.65. The first-order chi connectivity index (χ1) is 17.6. The van der Waals surface area contributed by atoms with E-state index >= 15 is 0 Å². The van der Waals surface area contributed by atoms with Crippen molar-refractivity contribution in [2.45, 2.75) is 118 Å². The molecule has 4 aliphatic carbocycles. The zero-order valence-electron chi connectivity index (χ0n) is 25.3. The first kappa shape index (κ1) is 29.6. The molecule has 0 aromatic carbocycles. The van der Waals surface area contributed by atoms with Crippen LogP contribution in [0.15, 0.2) is 34.9 Å². The third kappa shape index (κ3) is 4.36. The molecule has 0 aromatic rings. The molecule has 4 aliphatic rings. The predicted molar refractivity (Wildman–Crippen MR) is 151 cm³/mol. The van der Waals surface area contributed by atoms with Gasteiger partial charge in [-0.2, -0.15) is 0 Å². The van der Waals surface area contributed by atoms with Crippen LogP contribution in [0.3, 0.4) is 0 Å². The van der Waals surface area contributed by atoms with E-state index in [4.69, 9.17) is 9.47 Å². The van der Waals surface area contributed by atoms with Crippen LogP contribution in [-0.2, 0) is 14.3 Å². The standard InChI is InChI=1S/C33H52O5/c1-18(2)19(3)11-12-20(4)23-14-15-24-22-13-16-26-31(6,7)29(37-10)25(35)17-32(26,8)27(22)28(36)30(33(23,24)9)38-21(5)34/h15,18,20,23,25-26,28-30,35-36H,3,11-14,16-17H2,1-2,4-10H3/t20-,23-,25-,26+,28-,29+,30+,32+,33-/m1/s1. The third-order valence-corrected chi connectivity index (χ3v) is 11.4. The fourth-order valence-electron chi connectivity index (χ4n) is 9.51. The van der Waals surface area contributed by atoms with E-state index in [0.717, 1.165) is 37.7 Å². The molecule has 0 aromatic heterocycles. The summed E-state index contributed by atoms with van der Waals surface area (Å²) in [7, 11) is 1.69. The Labute approximate surface area is 230 Å². The molecule has 0 saturated heterocycles. The average molecular weight is 529 g/mol. The Hall–Kier alpha value is -1.43. The maximum Gasteiger partial charge on any atom is 0.303 e. The maximum absolute atomic E-state index is 12.5. The van der Waals surface area contributed by atoms with E-state index in [2.05, 4.69) is 61.1 Å². The number of aliphatic hydroxyl groups excluding tert-OH is 2. The Balaban J connectivity index is 1.78. The van der Waals surface area contributed by atoms with Crippen LogP contribution in [0.2, 0.25) is 0 Å². The summed E-state index contributed by atoms with van der Waals surface area (Å²) in [6, 6.07) is 0. The number of carbonyl (C=O) groups excluding carboxylic acids is 1. The van der Waals surface area contributed by atoms with E-state index < -0.39 is 29.1 Å². The number of esters is 1. The molecule has 0 unspecified atom stereocenters. The molecule has 5 nitrogen and oxygen atoms in total. The van der Waals surface area contributed by atoms with E-state index in [9.17, 15) is 15.0 Å². The molecule has 5 heteroatoms. The van der Waals surface area contributed by atoms with E-state index in [1.165, 1.54) is 23.6 Å². The fourth-order valence-corrected chi connectivity index (χ4v) is 9.51. The van der Waals surface area contributed by atoms with Gasteiger partial charge in [0, 0.05) is 19.4 Å². The van der Waals surface area contributed by atoms with Crippen LogP contribution in [0, 0.1) is 39.9 Å². The van der Waals surface area contributed by atoms with Gasteiger partial charge in [-0.3, -0.25) is 4.79 Å². The van der Waals surface area contributed by atoms with E-state index in [1.807, 2.05) is 0 Å². The molecular formula is C33H52O5. The zero-order chi connectivity index (χ0) is 28.4. The summed E-state index contributed by atoms with van der Waals surface area (Å²) in [6.07, 6.45) is 5.30. The van der Waals surface area contributed by atoms with E-state index in [0.29, 0.717) is 18.3 Å². The van der Waals surface area contributed by atoms with Crippen LogP contribution in [0.1, 0.15) is 93.9 Å². The smallest absolute Gasteiger partial charge is 0.303 e. The van der Waals surface area contributed by atoms with Crippen LogP contribution in [0.25, 0.3) is 0 Å². The van der Waals surface area contributed by atoms with Crippen molar-refractivity contribution in [3.8, 4) is 0 Å². The summed E-state index contributed by atoms with van der Waals surface area (Å²) in [5, 5.41) is 23.5. The molecule has 0 bridgehead atoms. The van der Waals surface area contributed by atoms with Crippen LogP contribution >= 0.6 is 0 Å². The fraction of sp³-hybridized carbons (Fsp3) is 0.788. The molecule has 4 rings (SSSR count). The number of allylic oxidation sites excluding steroid dienone is 3. The van der Waals surface area contributed by atoms with Crippen molar-refractivity contribution < 1.29 is 24.5 Å². The molecule has 0 amide bonds. The van der Waals surface area contributed by atoms with E-state index in [-0.39, 0.29) is 29.3 Å². The molecule has 0 radical (unpaired) electrons. The Morgan fingerprint density at radius 3 is 2.39 bits per heavy atom. The van der Waals surface area contributed by atoms with Crippen LogP contribution in [-0.4, -0.2) is 47.7 Å². The van der Waals surface area contributed by atoms with Gasteiger partial charge in [0.2, 0.25) is 0 Å². The number of rotatable bonds is 7. The highest BCUT2D eigenvalue weighted by atomic mass is 16.6. The molecule has 1 saturated carbocycles. The van der Waals surface area contributed by atoms with Gasteiger partial charge in [-0.25, -0.2) is 0 Å². The molecule has 0 spiro atoms. The lowest BCUT2D eigenvalue weighted by Gasteiger charge is -2.62. The molecule has 9 atom stereocenters. The minimum absolute atomic E-state index is 0.234. The molecule has 214 valence electrons. The quantitative estimate of drug-likeness (QED) is 0.296. The SMILES string of the molecule is C=C(CC[C@@H](C)[C@H]1CC=C2C3=C([C@@H](O)[C@H](OC(C)=O)[C@@]21C)[C@@]1(C)C[C@@H](O)[C@H](OC)C(C)(C)[C@@H]1CC3)C(C)C. The van der Waals surface area contributed by atoms with Crippen LogP contribution in [0.4, 0.5) is 0 Å². The van der Waals surface area contributed by atoms with Gasteiger partial charge < -0.3 is 19.7 Å². The number of hydrogen-bond acceptors (Lipinski definition) is 5. The third-order valence-electron chi connectivity index (χ3n) is 11.4.